The van der Waals surface area contributed by atoms with Crippen molar-refractivity contribution in [2.45, 2.75) is 13.3 Å². The third-order valence-electron chi connectivity index (χ3n) is 2.69. The number of rotatable bonds is 4. The summed E-state index contributed by atoms with van der Waals surface area (Å²) in [6, 6.07) is 10.0. The first-order chi connectivity index (χ1) is 9.11. The summed E-state index contributed by atoms with van der Waals surface area (Å²) >= 11 is 0. The van der Waals surface area contributed by atoms with Gasteiger partial charge in [-0.1, -0.05) is 25.1 Å². The number of carboxylic acids is 1. The van der Waals surface area contributed by atoms with Gasteiger partial charge in [0.2, 0.25) is 5.76 Å². The number of hydrogen-bond acceptors (Lipinski definition) is 3. The SMILES string of the molecule is CCc1ccccc1NC(=O)c1ccc(C(=O)O)o1. The molecule has 0 saturated carbocycles. The summed E-state index contributed by atoms with van der Waals surface area (Å²) in [6.07, 6.45) is 0.787. The van der Waals surface area contributed by atoms with E-state index in [0.717, 1.165) is 12.0 Å². The smallest absolute Gasteiger partial charge is 0.371 e. The van der Waals surface area contributed by atoms with Crippen LogP contribution in [0.5, 0.6) is 0 Å². The summed E-state index contributed by atoms with van der Waals surface area (Å²) in [7, 11) is 0. The van der Waals surface area contributed by atoms with E-state index in [1.54, 1.807) is 6.07 Å². The van der Waals surface area contributed by atoms with E-state index in [1.165, 1.54) is 12.1 Å². The molecule has 0 aliphatic heterocycles. The van der Waals surface area contributed by atoms with Gasteiger partial charge >= 0.3 is 5.97 Å². The number of carbonyl (C=O) groups is 2. The van der Waals surface area contributed by atoms with Crippen LogP contribution < -0.4 is 5.32 Å². The van der Waals surface area contributed by atoms with Gasteiger partial charge in [-0.05, 0) is 30.2 Å². The zero-order chi connectivity index (χ0) is 13.8. The molecule has 2 rings (SSSR count). The predicted molar refractivity (Wildman–Crippen MR) is 69.4 cm³/mol. The molecule has 5 heteroatoms. The van der Waals surface area contributed by atoms with Crippen molar-refractivity contribution in [2.75, 3.05) is 5.32 Å². The van der Waals surface area contributed by atoms with Crippen molar-refractivity contribution < 1.29 is 19.1 Å². The summed E-state index contributed by atoms with van der Waals surface area (Å²) in [4.78, 5) is 22.6. The highest BCUT2D eigenvalue weighted by Crippen LogP contribution is 2.17. The number of carboxylic acid groups (broad SMARTS) is 1. The Morgan fingerprint density at radius 3 is 2.47 bits per heavy atom. The zero-order valence-electron chi connectivity index (χ0n) is 10.3. The first kappa shape index (κ1) is 12.9. The molecule has 0 atom stereocenters. The van der Waals surface area contributed by atoms with E-state index in [0.29, 0.717) is 5.69 Å². The molecule has 0 bridgehead atoms. The lowest BCUT2D eigenvalue weighted by atomic mass is 10.1. The van der Waals surface area contributed by atoms with Gasteiger partial charge in [-0.3, -0.25) is 4.79 Å². The number of hydrogen-bond donors (Lipinski definition) is 2. The molecule has 0 radical (unpaired) electrons. The molecule has 0 aliphatic rings. The van der Waals surface area contributed by atoms with Crippen molar-refractivity contribution in [3.8, 4) is 0 Å². The standard InChI is InChI=1S/C14H13NO4/c1-2-9-5-3-4-6-10(9)15-13(16)11-7-8-12(19-11)14(17)18/h3-8H,2H2,1H3,(H,15,16)(H,17,18). The molecule has 5 nitrogen and oxygen atoms in total. The molecule has 2 aromatic rings. The highest BCUT2D eigenvalue weighted by molar-refractivity contribution is 6.03. The zero-order valence-corrected chi connectivity index (χ0v) is 10.3. The lowest BCUT2D eigenvalue weighted by molar-refractivity contribution is 0.0660. The number of furan rings is 1. The lowest BCUT2D eigenvalue weighted by Crippen LogP contribution is -2.12. The van der Waals surface area contributed by atoms with E-state index in [2.05, 4.69) is 5.32 Å². The Labute approximate surface area is 109 Å². The Morgan fingerprint density at radius 2 is 1.84 bits per heavy atom. The number of amides is 1. The second kappa shape index (κ2) is 5.39. The van der Waals surface area contributed by atoms with E-state index in [1.807, 2.05) is 25.1 Å². The third-order valence-corrected chi connectivity index (χ3v) is 2.69. The van der Waals surface area contributed by atoms with Crippen LogP contribution in [0, 0.1) is 0 Å². The number of benzene rings is 1. The predicted octanol–water partition coefficient (Wildman–Crippen LogP) is 2.79. The molecule has 2 N–H and O–H groups in total. The third kappa shape index (κ3) is 2.82. The fourth-order valence-corrected chi connectivity index (χ4v) is 1.71. The summed E-state index contributed by atoms with van der Waals surface area (Å²) in [5.41, 5.74) is 1.70. The number of aryl methyl sites for hydroxylation is 1. The van der Waals surface area contributed by atoms with Crippen LogP contribution in [0.2, 0.25) is 0 Å². The van der Waals surface area contributed by atoms with Crippen LogP contribution in [0.15, 0.2) is 40.8 Å². The van der Waals surface area contributed by atoms with Crippen LogP contribution in [-0.2, 0) is 6.42 Å². The minimum atomic E-state index is -1.20. The molecular weight excluding hydrogens is 246 g/mol. The van der Waals surface area contributed by atoms with Gasteiger partial charge in [0, 0.05) is 5.69 Å². The first-order valence-corrected chi connectivity index (χ1v) is 5.84. The minimum Gasteiger partial charge on any atom is -0.475 e. The molecule has 1 heterocycles. The topological polar surface area (TPSA) is 79.5 Å². The Bertz CT molecular complexity index is 615. The van der Waals surface area contributed by atoms with Crippen molar-refractivity contribution in [1.29, 1.82) is 0 Å². The summed E-state index contributed by atoms with van der Waals surface area (Å²) in [5.74, 6) is -1.95. The van der Waals surface area contributed by atoms with Crippen molar-refractivity contribution >= 4 is 17.6 Å². The first-order valence-electron chi connectivity index (χ1n) is 5.84. The molecule has 1 aromatic carbocycles. The fourth-order valence-electron chi connectivity index (χ4n) is 1.71. The van der Waals surface area contributed by atoms with Gasteiger partial charge in [-0.15, -0.1) is 0 Å². The molecule has 0 unspecified atom stereocenters. The Kier molecular flexibility index (Phi) is 3.66. The quantitative estimate of drug-likeness (QED) is 0.884. The average molecular weight is 259 g/mol. The Hall–Kier alpha value is -2.56. The fraction of sp³-hybridized carbons (Fsp3) is 0.143. The van der Waals surface area contributed by atoms with Crippen molar-refractivity contribution in [3.05, 3.63) is 53.5 Å². The molecule has 0 saturated heterocycles. The van der Waals surface area contributed by atoms with Crippen LogP contribution in [0.25, 0.3) is 0 Å². The highest BCUT2D eigenvalue weighted by Gasteiger charge is 2.15. The van der Waals surface area contributed by atoms with Gasteiger partial charge in [0.05, 0.1) is 0 Å². The largest absolute Gasteiger partial charge is 0.475 e. The molecule has 0 fully saturated rings. The van der Waals surface area contributed by atoms with Gasteiger partial charge in [0.15, 0.2) is 5.76 Å². The van der Waals surface area contributed by atoms with Crippen LogP contribution >= 0.6 is 0 Å². The van der Waals surface area contributed by atoms with Crippen LogP contribution in [0.4, 0.5) is 5.69 Å². The van der Waals surface area contributed by atoms with E-state index in [4.69, 9.17) is 9.52 Å². The van der Waals surface area contributed by atoms with Crippen molar-refractivity contribution in [3.63, 3.8) is 0 Å². The lowest BCUT2D eigenvalue weighted by Gasteiger charge is -2.07. The monoisotopic (exact) mass is 259 g/mol. The van der Waals surface area contributed by atoms with Gasteiger partial charge < -0.3 is 14.8 Å². The Morgan fingerprint density at radius 1 is 1.16 bits per heavy atom. The van der Waals surface area contributed by atoms with E-state index in [-0.39, 0.29) is 11.5 Å². The van der Waals surface area contributed by atoms with Crippen LogP contribution in [0.1, 0.15) is 33.6 Å². The number of aromatic carboxylic acids is 1. The van der Waals surface area contributed by atoms with E-state index in [9.17, 15) is 9.59 Å². The minimum absolute atomic E-state index is 0.0247. The molecule has 1 aromatic heterocycles. The molecule has 19 heavy (non-hydrogen) atoms. The summed E-state index contributed by atoms with van der Waals surface area (Å²) < 4.78 is 4.94. The number of nitrogens with one attached hydrogen (secondary N) is 1. The number of carbonyl (C=O) groups excluding carboxylic acids is 1. The van der Waals surface area contributed by atoms with Gasteiger partial charge in [-0.25, -0.2) is 4.79 Å². The maximum Gasteiger partial charge on any atom is 0.371 e. The van der Waals surface area contributed by atoms with E-state index >= 15 is 0 Å². The van der Waals surface area contributed by atoms with Crippen molar-refractivity contribution in [2.24, 2.45) is 0 Å². The molecule has 0 spiro atoms. The van der Waals surface area contributed by atoms with Gasteiger partial charge in [-0.2, -0.15) is 0 Å². The van der Waals surface area contributed by atoms with Crippen molar-refractivity contribution in [1.82, 2.24) is 0 Å². The number of para-hydroxylation sites is 1. The molecule has 98 valence electrons. The highest BCUT2D eigenvalue weighted by atomic mass is 16.4. The maximum absolute atomic E-state index is 11.9. The molecule has 1 amide bonds. The Balaban J connectivity index is 2.18. The molecule has 0 aliphatic carbocycles. The summed E-state index contributed by atoms with van der Waals surface area (Å²) in [6.45, 7) is 1.99. The van der Waals surface area contributed by atoms with Crippen LogP contribution in [-0.4, -0.2) is 17.0 Å². The number of anilines is 1. The second-order valence-electron chi connectivity index (χ2n) is 3.93. The average Bonchev–Trinajstić information content (AvgIpc) is 2.89. The molecular formula is C14H13NO4. The normalized spacial score (nSPS) is 10.2. The van der Waals surface area contributed by atoms with Crippen LogP contribution in [0.3, 0.4) is 0 Å². The van der Waals surface area contributed by atoms with Gasteiger partial charge in [0.25, 0.3) is 5.91 Å². The van der Waals surface area contributed by atoms with Gasteiger partial charge in [0.1, 0.15) is 0 Å². The maximum atomic E-state index is 11.9. The second-order valence-corrected chi connectivity index (χ2v) is 3.93. The summed E-state index contributed by atoms with van der Waals surface area (Å²) in [5, 5.41) is 11.4. The van der Waals surface area contributed by atoms with E-state index < -0.39 is 11.9 Å².